The van der Waals surface area contributed by atoms with Gasteiger partial charge in [0.1, 0.15) is 5.65 Å². The van der Waals surface area contributed by atoms with Crippen LogP contribution in [0.25, 0.3) is 5.65 Å². The van der Waals surface area contributed by atoms with E-state index in [4.69, 9.17) is 11.6 Å². The van der Waals surface area contributed by atoms with Crippen LogP contribution in [0, 0.1) is 5.92 Å². The molecule has 2 aromatic rings. The number of hydrogen-bond donors (Lipinski definition) is 1. The molecule has 23 heavy (non-hydrogen) atoms. The summed E-state index contributed by atoms with van der Waals surface area (Å²) in [6.07, 6.45) is 6.41. The molecule has 0 aromatic carbocycles. The minimum atomic E-state index is 0. The first kappa shape index (κ1) is 18.3. The summed E-state index contributed by atoms with van der Waals surface area (Å²) in [4.78, 5) is 11.3. The Morgan fingerprint density at radius 1 is 1.43 bits per heavy atom. The molecule has 1 aliphatic heterocycles. The molecule has 1 saturated heterocycles. The third-order valence-corrected chi connectivity index (χ3v) is 4.28. The zero-order valence-corrected chi connectivity index (χ0v) is 16.6. The van der Waals surface area contributed by atoms with Gasteiger partial charge in [-0.15, -0.1) is 24.0 Å². The van der Waals surface area contributed by atoms with Gasteiger partial charge in [-0.2, -0.15) is 0 Å². The van der Waals surface area contributed by atoms with Crippen molar-refractivity contribution in [3.05, 3.63) is 35.2 Å². The molecule has 1 aliphatic rings. The van der Waals surface area contributed by atoms with Crippen molar-refractivity contribution in [2.24, 2.45) is 10.9 Å². The number of aromatic nitrogens is 2. The Bertz CT molecular complexity index is 684. The van der Waals surface area contributed by atoms with Crippen LogP contribution in [0.5, 0.6) is 0 Å². The molecule has 1 N–H and O–H groups in total. The van der Waals surface area contributed by atoms with E-state index in [2.05, 4.69) is 27.1 Å². The molecule has 0 bridgehead atoms. The number of imidazole rings is 1. The van der Waals surface area contributed by atoms with E-state index < -0.39 is 0 Å². The maximum atomic E-state index is 6.00. The normalized spacial score (nSPS) is 18.8. The van der Waals surface area contributed by atoms with Gasteiger partial charge in [-0.25, -0.2) is 4.98 Å². The van der Waals surface area contributed by atoms with Crippen LogP contribution in [0.1, 0.15) is 25.5 Å². The quantitative estimate of drug-likeness (QED) is 0.436. The summed E-state index contributed by atoms with van der Waals surface area (Å²) in [5.74, 6) is 1.69. The molecule has 5 nitrogen and oxygen atoms in total. The fourth-order valence-electron chi connectivity index (χ4n) is 2.99. The molecule has 3 heterocycles. The average Bonchev–Trinajstić information content (AvgIpc) is 2.90. The molecule has 3 rings (SSSR count). The van der Waals surface area contributed by atoms with E-state index in [0.29, 0.717) is 11.6 Å². The van der Waals surface area contributed by atoms with Crippen molar-refractivity contribution in [2.45, 2.75) is 26.3 Å². The first-order valence-electron chi connectivity index (χ1n) is 7.74. The van der Waals surface area contributed by atoms with Crippen molar-refractivity contribution in [3.63, 3.8) is 0 Å². The van der Waals surface area contributed by atoms with E-state index in [0.717, 1.165) is 36.3 Å². The molecule has 0 saturated carbocycles. The third kappa shape index (κ3) is 4.50. The van der Waals surface area contributed by atoms with Crippen LogP contribution in [0.15, 0.2) is 29.5 Å². The predicted octanol–water partition coefficient (Wildman–Crippen LogP) is 3.41. The maximum absolute atomic E-state index is 6.00. The monoisotopic (exact) mass is 447 g/mol. The molecule has 1 unspecified atom stereocenters. The SMILES string of the molecule is CN=C(NCc1cn2cc(Cl)ccc2n1)N1CCCC(C)C1.I. The van der Waals surface area contributed by atoms with Gasteiger partial charge in [-0.1, -0.05) is 18.5 Å². The molecule has 0 amide bonds. The van der Waals surface area contributed by atoms with Gasteiger partial charge in [0.2, 0.25) is 0 Å². The van der Waals surface area contributed by atoms with Crippen molar-refractivity contribution in [1.82, 2.24) is 19.6 Å². The largest absolute Gasteiger partial charge is 0.351 e. The van der Waals surface area contributed by atoms with Crippen LogP contribution < -0.4 is 5.32 Å². The number of aliphatic imine (C=N–C) groups is 1. The summed E-state index contributed by atoms with van der Waals surface area (Å²) in [5.41, 5.74) is 1.89. The summed E-state index contributed by atoms with van der Waals surface area (Å²) in [6, 6.07) is 3.78. The summed E-state index contributed by atoms with van der Waals surface area (Å²) in [6.45, 7) is 5.10. The lowest BCUT2D eigenvalue weighted by molar-refractivity contribution is 0.266. The summed E-state index contributed by atoms with van der Waals surface area (Å²) >= 11 is 6.00. The number of likely N-dealkylation sites (tertiary alicyclic amines) is 1. The van der Waals surface area contributed by atoms with E-state index in [-0.39, 0.29) is 24.0 Å². The zero-order chi connectivity index (χ0) is 15.5. The Morgan fingerprint density at radius 3 is 3.00 bits per heavy atom. The number of nitrogens with one attached hydrogen (secondary N) is 1. The first-order chi connectivity index (χ1) is 10.7. The molecule has 0 radical (unpaired) electrons. The first-order valence-corrected chi connectivity index (χ1v) is 8.12. The smallest absolute Gasteiger partial charge is 0.193 e. The van der Waals surface area contributed by atoms with Crippen molar-refractivity contribution in [2.75, 3.05) is 20.1 Å². The van der Waals surface area contributed by atoms with Gasteiger partial charge in [0.15, 0.2) is 5.96 Å². The van der Waals surface area contributed by atoms with Crippen molar-refractivity contribution in [1.29, 1.82) is 0 Å². The van der Waals surface area contributed by atoms with Crippen molar-refractivity contribution >= 4 is 47.2 Å². The van der Waals surface area contributed by atoms with E-state index in [1.807, 2.05) is 36.0 Å². The third-order valence-electron chi connectivity index (χ3n) is 4.06. The van der Waals surface area contributed by atoms with Crippen LogP contribution in [-0.4, -0.2) is 40.4 Å². The molecule has 1 fully saturated rings. The Labute approximate surface area is 159 Å². The van der Waals surface area contributed by atoms with Crippen LogP contribution >= 0.6 is 35.6 Å². The highest BCUT2D eigenvalue weighted by atomic mass is 127. The molecular weight excluding hydrogens is 425 g/mol. The lowest BCUT2D eigenvalue weighted by Gasteiger charge is -2.33. The molecular formula is C16H23ClIN5. The highest BCUT2D eigenvalue weighted by Crippen LogP contribution is 2.16. The Hall–Kier alpha value is -1.02. The van der Waals surface area contributed by atoms with Gasteiger partial charge in [-0.05, 0) is 30.9 Å². The Morgan fingerprint density at radius 2 is 2.26 bits per heavy atom. The second kappa shape index (κ2) is 8.19. The molecule has 1 atom stereocenters. The number of guanidine groups is 1. The van der Waals surface area contributed by atoms with Gasteiger partial charge in [0.25, 0.3) is 0 Å². The minimum absolute atomic E-state index is 0. The van der Waals surface area contributed by atoms with Gasteiger partial charge in [-0.3, -0.25) is 4.99 Å². The minimum Gasteiger partial charge on any atom is -0.351 e. The number of nitrogens with zero attached hydrogens (tertiary/aromatic N) is 4. The van der Waals surface area contributed by atoms with Gasteiger partial charge >= 0.3 is 0 Å². The topological polar surface area (TPSA) is 44.9 Å². The van der Waals surface area contributed by atoms with Gasteiger partial charge in [0, 0.05) is 32.5 Å². The number of halogens is 2. The van der Waals surface area contributed by atoms with E-state index in [1.54, 1.807) is 0 Å². The number of rotatable bonds is 2. The molecule has 0 spiro atoms. The Kier molecular flexibility index (Phi) is 6.52. The average molecular weight is 448 g/mol. The lowest BCUT2D eigenvalue weighted by Crippen LogP contribution is -2.45. The highest BCUT2D eigenvalue weighted by Gasteiger charge is 2.19. The number of pyridine rings is 1. The lowest BCUT2D eigenvalue weighted by atomic mass is 10.0. The molecule has 126 valence electrons. The summed E-state index contributed by atoms with van der Waals surface area (Å²) in [7, 11) is 1.84. The van der Waals surface area contributed by atoms with Crippen molar-refractivity contribution < 1.29 is 0 Å². The molecule has 0 aliphatic carbocycles. The summed E-state index contributed by atoms with van der Waals surface area (Å²) in [5, 5.41) is 4.13. The maximum Gasteiger partial charge on any atom is 0.193 e. The number of piperidine rings is 1. The van der Waals surface area contributed by atoms with E-state index >= 15 is 0 Å². The number of fused-ring (bicyclic) bond motifs is 1. The van der Waals surface area contributed by atoms with Crippen LogP contribution in [0.2, 0.25) is 5.02 Å². The Balaban J connectivity index is 0.00000192. The van der Waals surface area contributed by atoms with Crippen LogP contribution in [0.4, 0.5) is 0 Å². The van der Waals surface area contributed by atoms with Crippen LogP contribution in [0.3, 0.4) is 0 Å². The van der Waals surface area contributed by atoms with Crippen molar-refractivity contribution in [3.8, 4) is 0 Å². The molecule has 2 aromatic heterocycles. The second-order valence-electron chi connectivity index (χ2n) is 5.94. The fraction of sp³-hybridized carbons (Fsp3) is 0.500. The predicted molar refractivity (Wildman–Crippen MR) is 106 cm³/mol. The van der Waals surface area contributed by atoms with E-state index in [1.165, 1.54) is 12.8 Å². The van der Waals surface area contributed by atoms with Gasteiger partial charge in [0.05, 0.1) is 17.3 Å². The zero-order valence-electron chi connectivity index (χ0n) is 13.5. The number of hydrogen-bond acceptors (Lipinski definition) is 2. The second-order valence-corrected chi connectivity index (χ2v) is 6.38. The fourth-order valence-corrected chi connectivity index (χ4v) is 3.15. The summed E-state index contributed by atoms with van der Waals surface area (Å²) < 4.78 is 1.95. The standard InChI is InChI=1S/C16H22ClN5.HI/c1-12-4-3-7-21(9-12)16(18-2)19-8-14-11-22-10-13(17)5-6-15(22)20-14;/h5-6,10-12H,3-4,7-9H2,1-2H3,(H,18,19);1H. The van der Waals surface area contributed by atoms with E-state index in [9.17, 15) is 0 Å². The molecule has 7 heteroatoms. The van der Waals surface area contributed by atoms with Gasteiger partial charge < -0.3 is 14.6 Å². The highest BCUT2D eigenvalue weighted by molar-refractivity contribution is 14.0. The van der Waals surface area contributed by atoms with Crippen LogP contribution in [-0.2, 0) is 6.54 Å².